The van der Waals surface area contributed by atoms with Gasteiger partial charge in [0, 0.05) is 5.92 Å². The number of ether oxygens (including phenoxy) is 1. The van der Waals surface area contributed by atoms with Gasteiger partial charge < -0.3 is 4.74 Å². The van der Waals surface area contributed by atoms with Crippen LogP contribution in [0, 0.1) is 17.3 Å². The Morgan fingerprint density at radius 1 is 0.600 bits per heavy atom. The first-order valence-electron chi connectivity index (χ1n) is 8.96. The van der Waals surface area contributed by atoms with Crippen molar-refractivity contribution in [3.05, 3.63) is 0 Å². The zero-order valence-electron chi connectivity index (χ0n) is 12.7. The van der Waals surface area contributed by atoms with Gasteiger partial charge in [-0.3, -0.25) is 0 Å². The second-order valence-corrected chi connectivity index (χ2v) is 7.61. The van der Waals surface area contributed by atoms with Crippen LogP contribution >= 0.6 is 0 Å². The van der Waals surface area contributed by atoms with Gasteiger partial charge in [-0.05, 0) is 37.0 Å². The Morgan fingerprint density at radius 2 is 1.15 bits per heavy atom. The van der Waals surface area contributed by atoms with Crippen molar-refractivity contribution in [3.63, 3.8) is 0 Å². The molecular formula is C19H36O. The van der Waals surface area contributed by atoms with Gasteiger partial charge in [0.05, 0.1) is 13.2 Å². The lowest BCUT2D eigenvalue weighted by Gasteiger charge is -2.45. The molecule has 3 saturated carbocycles. The number of hydrogen-bond acceptors (Lipinski definition) is 1. The maximum absolute atomic E-state index is 5.19. The van der Waals surface area contributed by atoms with Crippen molar-refractivity contribution in [1.29, 1.82) is 0 Å². The van der Waals surface area contributed by atoms with E-state index in [0.717, 1.165) is 30.5 Å². The molecule has 1 spiro atoms. The first-order chi connectivity index (χ1) is 9.38. The third-order valence-electron chi connectivity index (χ3n) is 6.31. The molecule has 4 aliphatic rings. The minimum atomic E-state index is 0. The van der Waals surface area contributed by atoms with E-state index in [1.54, 1.807) is 25.7 Å². The molecule has 0 aromatic rings. The van der Waals surface area contributed by atoms with Crippen molar-refractivity contribution in [2.45, 2.75) is 90.9 Å². The highest BCUT2D eigenvalue weighted by Crippen LogP contribution is 2.51. The first-order valence-corrected chi connectivity index (χ1v) is 8.96. The SMILES string of the molecule is C.C1CCC(C2COC2)CC1.C1CCC2(CC1)CCC2. The second kappa shape index (κ2) is 7.82. The van der Waals surface area contributed by atoms with E-state index < -0.39 is 0 Å². The molecule has 0 aromatic heterocycles. The summed E-state index contributed by atoms with van der Waals surface area (Å²) in [6.07, 6.45) is 19.7. The molecule has 4 fully saturated rings. The maximum atomic E-state index is 5.19. The topological polar surface area (TPSA) is 9.23 Å². The fourth-order valence-electron chi connectivity index (χ4n) is 4.61. The standard InChI is InChI=1S/C9H16O.C9H16.CH4/c1-2-4-8(5-3-1)9-6-10-7-9;1-2-5-9(6-3-1)7-4-8-9;/h8-9H,1-7H2;1-8H2;1H4. The molecule has 1 heteroatoms. The molecule has 0 amide bonds. The van der Waals surface area contributed by atoms with Crippen LogP contribution in [0.5, 0.6) is 0 Å². The van der Waals surface area contributed by atoms with Gasteiger partial charge >= 0.3 is 0 Å². The summed E-state index contributed by atoms with van der Waals surface area (Å²) in [6, 6.07) is 0. The quantitative estimate of drug-likeness (QED) is 0.575. The molecular weight excluding hydrogens is 244 g/mol. The van der Waals surface area contributed by atoms with Gasteiger partial charge in [-0.1, -0.05) is 65.2 Å². The summed E-state index contributed by atoms with van der Waals surface area (Å²) in [4.78, 5) is 0. The molecule has 4 rings (SSSR count). The average molecular weight is 280 g/mol. The molecule has 1 heterocycles. The highest BCUT2D eigenvalue weighted by atomic mass is 16.5. The summed E-state index contributed by atoms with van der Waals surface area (Å²) in [7, 11) is 0. The van der Waals surface area contributed by atoms with Gasteiger partial charge in [0.2, 0.25) is 0 Å². The second-order valence-electron chi connectivity index (χ2n) is 7.61. The Hall–Kier alpha value is -0.0400. The average Bonchev–Trinajstić information content (AvgIpc) is 2.38. The third kappa shape index (κ3) is 4.00. The number of rotatable bonds is 1. The van der Waals surface area contributed by atoms with Crippen LogP contribution in [0.3, 0.4) is 0 Å². The molecule has 0 unspecified atom stereocenters. The van der Waals surface area contributed by atoms with Crippen LogP contribution in [0.25, 0.3) is 0 Å². The highest BCUT2D eigenvalue weighted by molar-refractivity contribution is 4.89. The lowest BCUT2D eigenvalue weighted by molar-refractivity contribution is -0.0675. The molecule has 0 bridgehead atoms. The van der Waals surface area contributed by atoms with Gasteiger partial charge in [0.25, 0.3) is 0 Å². The smallest absolute Gasteiger partial charge is 0.0519 e. The van der Waals surface area contributed by atoms with Crippen molar-refractivity contribution in [3.8, 4) is 0 Å². The molecule has 1 aliphatic heterocycles. The van der Waals surface area contributed by atoms with Crippen LogP contribution in [0.15, 0.2) is 0 Å². The lowest BCUT2D eigenvalue weighted by Crippen LogP contribution is -2.35. The Kier molecular flexibility index (Phi) is 6.39. The van der Waals surface area contributed by atoms with Crippen molar-refractivity contribution in [2.75, 3.05) is 13.2 Å². The molecule has 0 aromatic carbocycles. The molecule has 1 saturated heterocycles. The minimum Gasteiger partial charge on any atom is -0.381 e. The van der Waals surface area contributed by atoms with E-state index in [9.17, 15) is 0 Å². The van der Waals surface area contributed by atoms with E-state index >= 15 is 0 Å². The third-order valence-corrected chi connectivity index (χ3v) is 6.31. The normalized spacial score (nSPS) is 29.4. The van der Waals surface area contributed by atoms with E-state index in [4.69, 9.17) is 4.74 Å². The molecule has 1 nitrogen and oxygen atoms in total. The van der Waals surface area contributed by atoms with E-state index in [0.29, 0.717) is 0 Å². The predicted octanol–water partition coefficient (Wildman–Crippen LogP) is 5.97. The van der Waals surface area contributed by atoms with E-state index in [1.165, 1.54) is 57.8 Å². The molecule has 118 valence electrons. The summed E-state index contributed by atoms with van der Waals surface area (Å²) < 4.78 is 5.19. The van der Waals surface area contributed by atoms with E-state index in [-0.39, 0.29) is 7.43 Å². The molecule has 20 heavy (non-hydrogen) atoms. The van der Waals surface area contributed by atoms with E-state index in [1.807, 2.05) is 0 Å². The van der Waals surface area contributed by atoms with Crippen LogP contribution < -0.4 is 0 Å². The molecule has 0 N–H and O–H groups in total. The van der Waals surface area contributed by atoms with Crippen molar-refractivity contribution in [1.82, 2.24) is 0 Å². The van der Waals surface area contributed by atoms with Gasteiger partial charge in [-0.2, -0.15) is 0 Å². The van der Waals surface area contributed by atoms with Crippen LogP contribution in [-0.4, -0.2) is 13.2 Å². The lowest BCUT2D eigenvalue weighted by atomic mass is 9.61. The Balaban J connectivity index is 0.000000141. The van der Waals surface area contributed by atoms with Crippen molar-refractivity contribution >= 4 is 0 Å². The zero-order valence-corrected chi connectivity index (χ0v) is 12.7. The Labute approximate surface area is 126 Å². The van der Waals surface area contributed by atoms with Crippen molar-refractivity contribution < 1.29 is 4.74 Å². The molecule has 0 radical (unpaired) electrons. The van der Waals surface area contributed by atoms with Gasteiger partial charge in [-0.15, -0.1) is 0 Å². The zero-order chi connectivity index (χ0) is 13.0. The minimum absolute atomic E-state index is 0. The molecule has 0 atom stereocenters. The predicted molar refractivity (Wildman–Crippen MR) is 87.0 cm³/mol. The van der Waals surface area contributed by atoms with Crippen molar-refractivity contribution in [2.24, 2.45) is 17.3 Å². The van der Waals surface area contributed by atoms with Crippen LogP contribution in [0.2, 0.25) is 0 Å². The largest absolute Gasteiger partial charge is 0.381 e. The summed E-state index contributed by atoms with van der Waals surface area (Å²) >= 11 is 0. The highest BCUT2D eigenvalue weighted by Gasteiger charge is 2.37. The van der Waals surface area contributed by atoms with E-state index in [2.05, 4.69) is 0 Å². The van der Waals surface area contributed by atoms with Gasteiger partial charge in [0.1, 0.15) is 0 Å². The van der Waals surface area contributed by atoms with Gasteiger partial charge in [-0.25, -0.2) is 0 Å². The van der Waals surface area contributed by atoms with Crippen LogP contribution in [-0.2, 0) is 4.74 Å². The Morgan fingerprint density at radius 3 is 1.55 bits per heavy atom. The van der Waals surface area contributed by atoms with Crippen LogP contribution in [0.1, 0.15) is 90.9 Å². The first kappa shape index (κ1) is 16.3. The summed E-state index contributed by atoms with van der Waals surface area (Å²) in [6.45, 7) is 2.12. The monoisotopic (exact) mass is 280 g/mol. The molecule has 3 aliphatic carbocycles. The summed E-state index contributed by atoms with van der Waals surface area (Å²) in [5, 5.41) is 0. The maximum Gasteiger partial charge on any atom is 0.0519 e. The van der Waals surface area contributed by atoms with Crippen LogP contribution in [0.4, 0.5) is 0 Å². The fraction of sp³-hybridized carbons (Fsp3) is 1.00. The fourth-order valence-corrected chi connectivity index (χ4v) is 4.61. The van der Waals surface area contributed by atoms with Gasteiger partial charge in [0.15, 0.2) is 0 Å². The number of hydrogen-bond donors (Lipinski definition) is 0. The Bertz CT molecular complexity index is 251. The summed E-state index contributed by atoms with van der Waals surface area (Å²) in [5.41, 5.74) is 0.901. The summed E-state index contributed by atoms with van der Waals surface area (Å²) in [5.74, 6) is 1.97.